The summed E-state index contributed by atoms with van der Waals surface area (Å²) in [6.07, 6.45) is 2.54. The Hall–Kier alpha value is -4.46. The van der Waals surface area contributed by atoms with Gasteiger partial charge in [0.25, 0.3) is 0 Å². The Morgan fingerprint density at radius 1 is 1.14 bits per heavy atom. The number of aromatic nitrogens is 2. The number of carbonyl (C=O) groups excluding carboxylic acids is 2. The maximum absolute atomic E-state index is 14.1. The summed E-state index contributed by atoms with van der Waals surface area (Å²) >= 11 is 1.13. The highest BCUT2D eigenvalue weighted by Gasteiger charge is 2.35. The van der Waals surface area contributed by atoms with Crippen molar-refractivity contribution >= 4 is 29.4 Å². The van der Waals surface area contributed by atoms with Gasteiger partial charge in [0.05, 0.1) is 19.3 Å². The number of para-hydroxylation sites is 1. The Morgan fingerprint density at radius 3 is 2.57 bits per heavy atom. The first-order valence-corrected chi connectivity index (χ1v) is 17.6. The van der Waals surface area contributed by atoms with Crippen molar-refractivity contribution < 1.29 is 32.2 Å². The van der Waals surface area contributed by atoms with E-state index in [1.807, 2.05) is 80.6 Å². The molecule has 9 nitrogen and oxygen atoms in total. The third-order valence-electron chi connectivity index (χ3n) is 8.43. The van der Waals surface area contributed by atoms with E-state index < -0.39 is 35.8 Å². The summed E-state index contributed by atoms with van der Waals surface area (Å²) in [6.45, 7) is 9.68. The van der Waals surface area contributed by atoms with Gasteiger partial charge in [-0.05, 0) is 56.9 Å². The summed E-state index contributed by atoms with van der Waals surface area (Å²) in [5.74, 6) is -0.571. The molecular weight excluding hydrogens is 680 g/mol. The molecule has 1 unspecified atom stereocenters. The number of aryl methyl sites for hydroxylation is 2. The highest BCUT2D eigenvalue weighted by molar-refractivity contribution is 7.99. The molecule has 0 spiro atoms. The predicted molar refractivity (Wildman–Crippen MR) is 194 cm³/mol. The third kappa shape index (κ3) is 11.5. The zero-order valence-corrected chi connectivity index (χ0v) is 29.9. The largest absolute Gasteiger partial charge is 0.453 e. The average Bonchev–Trinajstić information content (AvgIpc) is 3.10. The maximum Gasteiger partial charge on any atom is 0.433 e. The number of alkyl halides is 3. The van der Waals surface area contributed by atoms with Gasteiger partial charge in [0.15, 0.2) is 5.16 Å². The molecule has 3 N–H and O–H groups in total. The average molecular weight is 724 g/mol. The van der Waals surface area contributed by atoms with Crippen molar-refractivity contribution in [1.82, 2.24) is 20.6 Å². The normalized spacial score (nSPS) is 19.3. The Balaban J connectivity index is 1.47. The number of morpholine rings is 1. The molecule has 0 bridgehead atoms. The van der Waals surface area contributed by atoms with Crippen LogP contribution in [0.1, 0.15) is 48.7 Å². The highest BCUT2D eigenvalue weighted by atomic mass is 32.2. The Morgan fingerprint density at radius 2 is 1.86 bits per heavy atom. The number of ether oxygens (including phenoxy) is 2. The zero-order valence-electron chi connectivity index (χ0n) is 29.1. The van der Waals surface area contributed by atoms with Crippen molar-refractivity contribution in [1.29, 1.82) is 0 Å². The predicted octanol–water partition coefficient (Wildman–Crippen LogP) is 7.41. The van der Waals surface area contributed by atoms with Crippen molar-refractivity contribution in [3.63, 3.8) is 0 Å². The number of halogens is 3. The molecule has 3 aromatic rings. The number of hydrogen-bond donors (Lipinski definition) is 3. The van der Waals surface area contributed by atoms with Crippen molar-refractivity contribution in [2.45, 2.75) is 75.2 Å². The molecule has 2 amide bonds. The molecular formula is C38H44F3N5O4S. The monoisotopic (exact) mass is 723 g/mol. The van der Waals surface area contributed by atoms with Crippen molar-refractivity contribution in [2.75, 3.05) is 24.7 Å². The minimum atomic E-state index is -4.55. The van der Waals surface area contributed by atoms with Gasteiger partial charge in [-0.2, -0.15) is 13.2 Å². The van der Waals surface area contributed by atoms with Gasteiger partial charge < -0.3 is 25.4 Å². The molecule has 0 radical (unpaired) electrons. The van der Waals surface area contributed by atoms with Crippen molar-refractivity contribution in [3.05, 3.63) is 120 Å². The molecule has 51 heavy (non-hydrogen) atoms. The van der Waals surface area contributed by atoms with Crippen LogP contribution in [-0.2, 0) is 26.9 Å². The first kappa shape index (κ1) is 39.3. The molecule has 1 fully saturated rings. The summed E-state index contributed by atoms with van der Waals surface area (Å²) in [5.41, 5.74) is 2.42. The fourth-order valence-electron chi connectivity index (χ4n) is 5.76. The summed E-state index contributed by atoms with van der Waals surface area (Å²) < 4.78 is 51.2. The molecule has 1 aliphatic heterocycles. The number of amides is 2. The molecule has 13 heteroatoms. The molecule has 2 aromatic carbocycles. The van der Waals surface area contributed by atoms with E-state index in [9.17, 15) is 22.8 Å². The topological polar surface area (TPSA) is 114 Å². The van der Waals surface area contributed by atoms with Gasteiger partial charge in [-0.15, -0.1) is 0 Å². The lowest BCUT2D eigenvalue weighted by atomic mass is 9.84. The van der Waals surface area contributed by atoms with Crippen molar-refractivity contribution in [2.24, 2.45) is 0 Å². The van der Waals surface area contributed by atoms with Crippen LogP contribution in [0, 0.1) is 6.92 Å². The second-order valence-electron chi connectivity index (χ2n) is 12.2. The van der Waals surface area contributed by atoms with Crippen LogP contribution in [0.5, 0.6) is 0 Å². The number of anilines is 1. The van der Waals surface area contributed by atoms with Crippen LogP contribution >= 0.6 is 11.8 Å². The van der Waals surface area contributed by atoms with Gasteiger partial charge in [0.1, 0.15) is 11.7 Å². The number of benzene rings is 2. The number of nitrogens with one attached hydrogen (secondary N) is 3. The molecule has 1 saturated heterocycles. The van der Waals surface area contributed by atoms with Gasteiger partial charge in [0.2, 0.25) is 5.91 Å². The zero-order chi connectivity index (χ0) is 37.0. The number of allylic oxidation sites excluding steroid dienone is 4. The van der Waals surface area contributed by atoms with E-state index >= 15 is 0 Å². The Bertz CT molecular complexity index is 1700. The number of rotatable bonds is 14. The van der Waals surface area contributed by atoms with Crippen LogP contribution in [0.3, 0.4) is 0 Å². The van der Waals surface area contributed by atoms with Crippen molar-refractivity contribution in [3.8, 4) is 0 Å². The molecule has 1 aromatic heterocycles. The smallest absolute Gasteiger partial charge is 0.433 e. The molecule has 5 atom stereocenters. The number of nitrogens with zero attached hydrogens (tertiary/aromatic N) is 2. The van der Waals surface area contributed by atoms with Gasteiger partial charge in [0, 0.05) is 35.6 Å². The lowest BCUT2D eigenvalue weighted by Crippen LogP contribution is -2.52. The van der Waals surface area contributed by atoms with E-state index in [0.717, 1.165) is 34.5 Å². The molecule has 1 aliphatic rings. The Labute approximate surface area is 301 Å². The summed E-state index contributed by atoms with van der Waals surface area (Å²) in [6, 6.07) is 16.8. The van der Waals surface area contributed by atoms with E-state index in [2.05, 4.69) is 32.5 Å². The van der Waals surface area contributed by atoms with Crippen LogP contribution in [-0.4, -0.2) is 65.7 Å². The fourth-order valence-corrected chi connectivity index (χ4v) is 6.82. The first-order valence-electron chi connectivity index (χ1n) is 16.6. The second kappa shape index (κ2) is 18.7. The third-order valence-corrected chi connectivity index (χ3v) is 9.37. The van der Waals surface area contributed by atoms with Crippen LogP contribution in [0.15, 0.2) is 102 Å². The molecule has 0 saturated carbocycles. The van der Waals surface area contributed by atoms with Crippen LogP contribution < -0.4 is 16.0 Å². The van der Waals surface area contributed by atoms with Crippen LogP contribution in [0.2, 0.25) is 0 Å². The highest BCUT2D eigenvalue weighted by Crippen LogP contribution is 2.32. The van der Waals surface area contributed by atoms with E-state index in [-0.39, 0.29) is 29.1 Å². The lowest BCUT2D eigenvalue weighted by molar-refractivity contribution is -0.141. The first-order chi connectivity index (χ1) is 24.4. The molecule has 4 rings (SSSR count). The van der Waals surface area contributed by atoms with E-state index in [4.69, 9.17) is 9.47 Å². The molecule has 0 aliphatic carbocycles. The Kier molecular flexibility index (Phi) is 14.4. The minimum Gasteiger partial charge on any atom is -0.453 e. The van der Waals surface area contributed by atoms with E-state index in [0.29, 0.717) is 30.8 Å². The van der Waals surface area contributed by atoms with E-state index in [1.165, 1.54) is 14.0 Å². The van der Waals surface area contributed by atoms with Gasteiger partial charge >= 0.3 is 12.3 Å². The maximum atomic E-state index is 14.1. The van der Waals surface area contributed by atoms with Crippen LogP contribution in [0.4, 0.5) is 23.7 Å². The molecule has 2 heterocycles. The number of hydrogen-bond acceptors (Lipinski definition) is 8. The lowest BCUT2D eigenvalue weighted by Gasteiger charge is -2.36. The van der Waals surface area contributed by atoms with Gasteiger partial charge in [-0.25, -0.2) is 14.8 Å². The van der Waals surface area contributed by atoms with Gasteiger partial charge in [-0.3, -0.25) is 4.79 Å². The number of alkyl carbamates (subject to hydrolysis) is 1. The van der Waals surface area contributed by atoms with Gasteiger partial charge in [-0.1, -0.05) is 96.7 Å². The minimum absolute atomic E-state index is 0.0335. The SMILES string of the molecule is C=C/C=C\C=C(/C)C(c1ccccc1)[C@H](NC(=O)OC)C(=O)Nc1ccccc1CC[C@@H]1CN[C@H](C)[C@@H](CSc2nc(C)cc(C(F)(F)F)n2)O1. The summed E-state index contributed by atoms with van der Waals surface area (Å²) in [7, 11) is 1.25. The second-order valence-corrected chi connectivity index (χ2v) is 13.2. The quantitative estimate of drug-likeness (QED) is 0.0896. The number of methoxy groups -OCH3 is 1. The molecule has 272 valence electrons. The fraction of sp³-hybridized carbons (Fsp3) is 0.368. The number of carbonyl (C=O) groups is 2. The number of thioether (sulfide) groups is 1. The standard InChI is InChI=1S/C38H44F3N5O4S/c1-6-7-9-14-24(2)33(28-16-10-8-11-17-28)34(46-37(48)49-5)35(47)44-30-18-13-12-15-27(30)19-20-29-22-42-26(4)31(50-29)23-51-36-43-25(3)21-32(45-36)38(39,40)41/h6-18,21,26,29,31,33-34,42H,1,19-20,22-23H2,2-5H3,(H,44,47)(H,46,48)/b9-7-,24-14+/t26-,29-,31-,33?,34+/m1/s1. The van der Waals surface area contributed by atoms with E-state index in [1.54, 1.807) is 12.2 Å². The summed E-state index contributed by atoms with van der Waals surface area (Å²) in [4.78, 5) is 34.5. The summed E-state index contributed by atoms with van der Waals surface area (Å²) in [5, 5.41) is 9.30. The van der Waals surface area contributed by atoms with Crippen LogP contribution in [0.25, 0.3) is 0 Å².